The Morgan fingerprint density at radius 1 is 1.36 bits per heavy atom. The monoisotopic (exact) mass is 287 g/mol. The molecule has 14 heavy (non-hydrogen) atoms. The largest absolute Gasteiger partial charge is 0.416 e. The molecule has 6 heteroatoms. The van der Waals surface area contributed by atoms with Crippen molar-refractivity contribution in [3.05, 3.63) is 27.7 Å². The summed E-state index contributed by atoms with van der Waals surface area (Å²) in [6.07, 6.45) is -4.40. The van der Waals surface area contributed by atoms with Gasteiger partial charge in [0.1, 0.15) is 0 Å². The first kappa shape index (κ1) is 11.7. The van der Waals surface area contributed by atoms with Gasteiger partial charge >= 0.3 is 6.18 Å². The van der Waals surface area contributed by atoms with Crippen LogP contribution in [0.15, 0.2) is 16.6 Å². The second kappa shape index (κ2) is 3.98. The van der Waals surface area contributed by atoms with Crippen LogP contribution in [0, 0.1) is 0 Å². The molecule has 0 aliphatic carbocycles. The number of hydrogen-bond donors (Lipinski definition) is 1. The van der Waals surface area contributed by atoms with Crippen molar-refractivity contribution in [2.45, 2.75) is 12.1 Å². The Morgan fingerprint density at radius 2 is 1.93 bits per heavy atom. The van der Waals surface area contributed by atoms with Crippen molar-refractivity contribution in [1.29, 1.82) is 0 Å². The van der Waals surface area contributed by atoms with Gasteiger partial charge in [-0.1, -0.05) is 0 Å². The minimum atomic E-state index is -4.40. The van der Waals surface area contributed by atoms with E-state index in [1.165, 1.54) is 6.07 Å². The Kier molecular flexibility index (Phi) is 3.32. The van der Waals surface area contributed by atoms with Crippen molar-refractivity contribution >= 4 is 33.2 Å². The average Bonchev–Trinajstić information content (AvgIpc) is 2.07. The molecule has 1 rings (SSSR count). The molecule has 0 radical (unpaired) electrons. The molecule has 1 aromatic rings. The molecule has 0 atom stereocenters. The number of nitrogen functional groups attached to an aromatic ring is 1. The number of anilines is 1. The summed E-state index contributed by atoms with van der Waals surface area (Å²) in [6.45, 7) is 0. The Morgan fingerprint density at radius 3 is 2.36 bits per heavy atom. The molecule has 2 N–H and O–H groups in total. The molecule has 0 saturated carbocycles. The van der Waals surface area contributed by atoms with Gasteiger partial charge in [-0.15, -0.1) is 11.6 Å². The quantitative estimate of drug-likeness (QED) is 0.617. The molecule has 1 aromatic carbocycles. The van der Waals surface area contributed by atoms with Crippen LogP contribution in [0.2, 0.25) is 0 Å². The molecule has 0 saturated heterocycles. The van der Waals surface area contributed by atoms with Crippen molar-refractivity contribution in [2.75, 3.05) is 5.73 Å². The molecule has 0 spiro atoms. The van der Waals surface area contributed by atoms with Crippen LogP contribution in [0.5, 0.6) is 0 Å². The summed E-state index contributed by atoms with van der Waals surface area (Å²) < 4.78 is 37.5. The van der Waals surface area contributed by atoms with Gasteiger partial charge in [-0.2, -0.15) is 13.2 Å². The number of halogens is 5. The Bertz CT molecular complexity index is 351. The Labute approximate surface area is 92.2 Å². The highest BCUT2D eigenvalue weighted by atomic mass is 79.9. The van der Waals surface area contributed by atoms with E-state index in [-0.39, 0.29) is 21.6 Å². The molecule has 0 heterocycles. The molecule has 78 valence electrons. The first-order valence-corrected chi connectivity index (χ1v) is 4.90. The zero-order valence-corrected chi connectivity index (χ0v) is 9.17. The second-order valence-electron chi connectivity index (χ2n) is 2.66. The molecule has 0 fully saturated rings. The lowest BCUT2D eigenvalue weighted by Crippen LogP contribution is -2.09. The highest BCUT2D eigenvalue weighted by molar-refractivity contribution is 9.10. The lowest BCUT2D eigenvalue weighted by atomic mass is 10.1. The van der Waals surface area contributed by atoms with E-state index in [1.54, 1.807) is 0 Å². The Balaban J connectivity index is 3.35. The van der Waals surface area contributed by atoms with Crippen molar-refractivity contribution in [3.8, 4) is 0 Å². The van der Waals surface area contributed by atoms with Crippen LogP contribution in [0.1, 0.15) is 11.1 Å². The van der Waals surface area contributed by atoms with Crippen molar-refractivity contribution in [3.63, 3.8) is 0 Å². The van der Waals surface area contributed by atoms with Gasteiger partial charge in [0.15, 0.2) is 0 Å². The smallest absolute Gasteiger partial charge is 0.398 e. The van der Waals surface area contributed by atoms with Gasteiger partial charge in [0, 0.05) is 16.0 Å². The molecular formula is C8H6BrClF3N. The summed E-state index contributed by atoms with van der Waals surface area (Å²) in [5, 5.41) is 0. The SMILES string of the molecule is Nc1cc(CCl)c(C(F)(F)F)cc1Br. The van der Waals surface area contributed by atoms with Crippen LogP contribution >= 0.6 is 27.5 Å². The predicted molar refractivity (Wildman–Crippen MR) is 53.1 cm³/mol. The summed E-state index contributed by atoms with van der Waals surface area (Å²) in [5.41, 5.74) is 4.91. The van der Waals surface area contributed by atoms with E-state index >= 15 is 0 Å². The van der Waals surface area contributed by atoms with Gasteiger partial charge in [0.05, 0.1) is 5.56 Å². The van der Waals surface area contributed by atoms with Crippen LogP contribution in [-0.2, 0) is 12.1 Å². The third-order valence-electron chi connectivity index (χ3n) is 1.67. The summed E-state index contributed by atoms with van der Waals surface area (Å²) in [5.74, 6) is -0.216. The summed E-state index contributed by atoms with van der Waals surface area (Å²) in [7, 11) is 0. The van der Waals surface area contributed by atoms with Crippen LogP contribution in [0.3, 0.4) is 0 Å². The Hall–Kier alpha value is -0.420. The first-order chi connectivity index (χ1) is 6.36. The number of benzene rings is 1. The summed E-state index contributed by atoms with van der Waals surface area (Å²) in [6, 6.07) is 2.16. The molecule has 0 aliphatic rings. The summed E-state index contributed by atoms with van der Waals surface area (Å²) in [4.78, 5) is 0. The highest BCUT2D eigenvalue weighted by Crippen LogP contribution is 2.36. The maximum atomic E-state index is 12.4. The number of hydrogen-bond acceptors (Lipinski definition) is 1. The minimum Gasteiger partial charge on any atom is -0.398 e. The number of alkyl halides is 4. The van der Waals surface area contributed by atoms with E-state index < -0.39 is 11.7 Å². The van der Waals surface area contributed by atoms with Crippen molar-refractivity contribution < 1.29 is 13.2 Å². The highest BCUT2D eigenvalue weighted by Gasteiger charge is 2.33. The molecule has 1 nitrogen and oxygen atoms in total. The molecular weight excluding hydrogens is 282 g/mol. The van der Waals surface area contributed by atoms with Gasteiger partial charge in [-0.3, -0.25) is 0 Å². The van der Waals surface area contributed by atoms with Crippen LogP contribution in [-0.4, -0.2) is 0 Å². The van der Waals surface area contributed by atoms with Crippen molar-refractivity contribution in [1.82, 2.24) is 0 Å². The maximum Gasteiger partial charge on any atom is 0.416 e. The maximum absolute atomic E-state index is 12.4. The first-order valence-electron chi connectivity index (χ1n) is 3.57. The molecule has 0 bridgehead atoms. The van der Waals surface area contributed by atoms with Gasteiger partial charge in [-0.05, 0) is 33.6 Å². The van der Waals surface area contributed by atoms with E-state index in [0.29, 0.717) is 0 Å². The second-order valence-corrected chi connectivity index (χ2v) is 3.78. The van der Waals surface area contributed by atoms with E-state index in [0.717, 1.165) is 6.07 Å². The fraction of sp³-hybridized carbons (Fsp3) is 0.250. The van der Waals surface area contributed by atoms with Crippen LogP contribution < -0.4 is 5.73 Å². The fourth-order valence-corrected chi connectivity index (χ4v) is 1.58. The van der Waals surface area contributed by atoms with E-state index in [2.05, 4.69) is 15.9 Å². The van der Waals surface area contributed by atoms with E-state index in [1.807, 2.05) is 0 Å². The normalized spacial score (nSPS) is 11.8. The van der Waals surface area contributed by atoms with Crippen molar-refractivity contribution in [2.24, 2.45) is 0 Å². The van der Waals surface area contributed by atoms with Gasteiger partial charge in [0.25, 0.3) is 0 Å². The van der Waals surface area contributed by atoms with Gasteiger partial charge < -0.3 is 5.73 Å². The van der Waals surface area contributed by atoms with Gasteiger partial charge in [0.2, 0.25) is 0 Å². The molecule has 0 unspecified atom stereocenters. The zero-order chi connectivity index (χ0) is 10.9. The summed E-state index contributed by atoms with van der Waals surface area (Å²) >= 11 is 8.33. The minimum absolute atomic E-state index is 0.0140. The lowest BCUT2D eigenvalue weighted by Gasteiger charge is -2.12. The topological polar surface area (TPSA) is 26.0 Å². The van der Waals surface area contributed by atoms with E-state index in [9.17, 15) is 13.2 Å². The predicted octanol–water partition coefficient (Wildman–Crippen LogP) is 3.79. The van der Waals surface area contributed by atoms with E-state index in [4.69, 9.17) is 17.3 Å². The number of rotatable bonds is 1. The molecule has 0 aliphatic heterocycles. The number of nitrogens with two attached hydrogens (primary N) is 1. The molecule has 0 amide bonds. The lowest BCUT2D eigenvalue weighted by molar-refractivity contribution is -0.138. The fourth-order valence-electron chi connectivity index (χ4n) is 1.01. The molecule has 0 aromatic heterocycles. The van der Waals surface area contributed by atoms with Crippen LogP contribution in [0.25, 0.3) is 0 Å². The zero-order valence-electron chi connectivity index (χ0n) is 6.83. The third-order valence-corrected chi connectivity index (χ3v) is 2.65. The third kappa shape index (κ3) is 2.33. The van der Waals surface area contributed by atoms with Crippen LogP contribution in [0.4, 0.5) is 18.9 Å². The van der Waals surface area contributed by atoms with Gasteiger partial charge in [-0.25, -0.2) is 0 Å². The standard InChI is InChI=1S/C8H6BrClF3N/c9-6-2-5(8(11,12)13)4(3-10)1-7(6)14/h1-2H,3,14H2. The average molecular weight is 288 g/mol.